The molecule has 2 aromatic carbocycles. The summed E-state index contributed by atoms with van der Waals surface area (Å²) in [5, 5.41) is 7.46. The van der Waals surface area contributed by atoms with E-state index in [4.69, 9.17) is 4.74 Å². The fourth-order valence-corrected chi connectivity index (χ4v) is 4.50. The molecule has 3 aromatic rings. The van der Waals surface area contributed by atoms with Gasteiger partial charge >= 0.3 is 11.8 Å². The Labute approximate surface area is 179 Å². The number of amides is 2. The molecule has 1 aliphatic rings. The van der Waals surface area contributed by atoms with E-state index in [1.54, 1.807) is 42.7 Å². The number of fused-ring (bicyclic) bond motifs is 1. The van der Waals surface area contributed by atoms with Gasteiger partial charge in [-0.2, -0.15) is 0 Å². The van der Waals surface area contributed by atoms with Crippen molar-refractivity contribution in [1.29, 1.82) is 0 Å². The van der Waals surface area contributed by atoms with Crippen LogP contribution in [0.25, 0.3) is 0 Å². The Kier molecular flexibility index (Phi) is 5.99. The van der Waals surface area contributed by atoms with Gasteiger partial charge in [-0.05, 0) is 53.8 Å². The summed E-state index contributed by atoms with van der Waals surface area (Å²) < 4.78 is 5.10. The van der Waals surface area contributed by atoms with Crippen molar-refractivity contribution in [2.75, 3.05) is 30.4 Å². The minimum Gasteiger partial charge on any atom is -0.497 e. The van der Waals surface area contributed by atoms with Gasteiger partial charge in [0.25, 0.3) is 0 Å². The summed E-state index contributed by atoms with van der Waals surface area (Å²) in [4.78, 5) is 28.2. The second-order valence-corrected chi connectivity index (χ2v) is 7.98. The van der Waals surface area contributed by atoms with E-state index in [0.29, 0.717) is 18.0 Å². The van der Waals surface area contributed by atoms with Crippen LogP contribution in [0.3, 0.4) is 0 Å². The fraction of sp³-hybridized carbons (Fsp3) is 0.217. The molecule has 0 fully saturated rings. The van der Waals surface area contributed by atoms with E-state index in [2.05, 4.69) is 33.7 Å². The number of anilines is 2. The average Bonchev–Trinajstić information content (AvgIpc) is 3.45. The summed E-state index contributed by atoms with van der Waals surface area (Å²) in [5.74, 6) is -0.658. The number of nitrogens with one attached hydrogen (secondary N) is 2. The van der Waals surface area contributed by atoms with Crippen LogP contribution in [0.5, 0.6) is 5.75 Å². The van der Waals surface area contributed by atoms with Crippen LogP contribution in [-0.2, 0) is 16.0 Å². The van der Waals surface area contributed by atoms with Crippen molar-refractivity contribution in [2.45, 2.75) is 12.5 Å². The largest absolute Gasteiger partial charge is 0.497 e. The number of thiophene rings is 1. The van der Waals surface area contributed by atoms with Crippen molar-refractivity contribution in [1.82, 2.24) is 5.32 Å². The van der Waals surface area contributed by atoms with Gasteiger partial charge in [-0.1, -0.05) is 24.3 Å². The molecule has 2 N–H and O–H groups in total. The number of hydrogen-bond acceptors (Lipinski definition) is 5. The van der Waals surface area contributed by atoms with Gasteiger partial charge in [-0.15, -0.1) is 11.3 Å². The van der Waals surface area contributed by atoms with E-state index < -0.39 is 11.8 Å². The molecule has 1 atom stereocenters. The van der Waals surface area contributed by atoms with Gasteiger partial charge in [-0.3, -0.25) is 9.59 Å². The van der Waals surface area contributed by atoms with Crippen molar-refractivity contribution in [2.24, 2.45) is 0 Å². The first-order valence-corrected chi connectivity index (χ1v) is 10.6. The summed E-state index contributed by atoms with van der Waals surface area (Å²) in [5.41, 5.74) is 3.04. The third-order valence-corrected chi connectivity index (χ3v) is 6.15. The van der Waals surface area contributed by atoms with Gasteiger partial charge < -0.3 is 20.3 Å². The highest BCUT2D eigenvalue weighted by atomic mass is 32.1. The Morgan fingerprint density at radius 1 is 1.07 bits per heavy atom. The molecule has 0 saturated heterocycles. The topological polar surface area (TPSA) is 70.7 Å². The molecule has 2 amide bonds. The molecule has 7 heteroatoms. The smallest absolute Gasteiger partial charge is 0.313 e. The van der Waals surface area contributed by atoms with Crippen molar-refractivity contribution < 1.29 is 14.3 Å². The molecule has 0 radical (unpaired) electrons. The number of carbonyl (C=O) groups excluding carboxylic acids is 2. The first-order chi connectivity index (χ1) is 14.7. The number of hydrogen-bond donors (Lipinski definition) is 2. The molecule has 30 heavy (non-hydrogen) atoms. The van der Waals surface area contributed by atoms with Crippen LogP contribution in [0.4, 0.5) is 11.4 Å². The van der Waals surface area contributed by atoms with Gasteiger partial charge in [0.15, 0.2) is 0 Å². The Balaban J connectivity index is 1.42. The van der Waals surface area contributed by atoms with Crippen LogP contribution >= 0.6 is 11.3 Å². The minimum absolute atomic E-state index is 0.0219. The van der Waals surface area contributed by atoms with Crippen LogP contribution in [0, 0.1) is 0 Å². The normalized spacial score (nSPS) is 13.4. The molecule has 2 heterocycles. The summed E-state index contributed by atoms with van der Waals surface area (Å²) in [6.45, 7) is 1.24. The van der Waals surface area contributed by atoms with E-state index in [0.717, 1.165) is 17.8 Å². The van der Waals surface area contributed by atoms with Crippen LogP contribution < -0.4 is 20.3 Å². The lowest BCUT2D eigenvalue weighted by Gasteiger charge is -2.30. The Morgan fingerprint density at radius 3 is 2.60 bits per heavy atom. The van der Waals surface area contributed by atoms with E-state index in [-0.39, 0.29) is 6.04 Å². The van der Waals surface area contributed by atoms with E-state index in [1.165, 1.54) is 11.3 Å². The monoisotopic (exact) mass is 421 g/mol. The molecule has 4 rings (SSSR count). The number of carbonyl (C=O) groups is 2. The van der Waals surface area contributed by atoms with Gasteiger partial charge in [0.1, 0.15) is 5.75 Å². The molecule has 1 aromatic heterocycles. The lowest BCUT2D eigenvalue weighted by molar-refractivity contribution is -0.136. The maximum atomic E-state index is 12.4. The molecule has 0 saturated carbocycles. The Morgan fingerprint density at radius 2 is 1.87 bits per heavy atom. The van der Waals surface area contributed by atoms with Crippen molar-refractivity contribution in [3.8, 4) is 5.75 Å². The molecule has 0 spiro atoms. The van der Waals surface area contributed by atoms with E-state index in [9.17, 15) is 9.59 Å². The molecule has 1 aliphatic heterocycles. The predicted molar refractivity (Wildman–Crippen MR) is 119 cm³/mol. The molecule has 0 unspecified atom stereocenters. The molecule has 0 bridgehead atoms. The van der Waals surface area contributed by atoms with Crippen molar-refractivity contribution in [3.63, 3.8) is 0 Å². The van der Waals surface area contributed by atoms with Gasteiger partial charge in [0, 0.05) is 29.3 Å². The minimum atomic E-state index is -0.688. The zero-order valence-electron chi connectivity index (χ0n) is 16.6. The third kappa shape index (κ3) is 4.31. The summed E-state index contributed by atoms with van der Waals surface area (Å²) in [6.07, 6.45) is 0.976. The lowest BCUT2D eigenvalue weighted by atomic mass is 10.1. The third-order valence-electron chi connectivity index (χ3n) is 5.18. The SMILES string of the molecule is COc1ccc(NC(=O)C(=O)NC[C@H](c2cccs2)N2CCc3ccccc32)cc1. The molecule has 154 valence electrons. The maximum absolute atomic E-state index is 12.4. The molecular formula is C23H23N3O3S. The number of methoxy groups -OCH3 is 1. The summed E-state index contributed by atoms with van der Waals surface area (Å²) >= 11 is 1.65. The number of ether oxygens (including phenoxy) is 1. The van der Waals surface area contributed by atoms with Crippen molar-refractivity contribution in [3.05, 3.63) is 76.5 Å². The number of nitrogens with zero attached hydrogens (tertiary/aromatic N) is 1. The second kappa shape index (κ2) is 9.00. The summed E-state index contributed by atoms with van der Waals surface area (Å²) in [6, 6.07) is 19.2. The van der Waals surface area contributed by atoms with Gasteiger partial charge in [0.2, 0.25) is 0 Å². The molecular weight excluding hydrogens is 398 g/mol. The fourth-order valence-electron chi connectivity index (χ4n) is 3.66. The standard InChI is InChI=1S/C23H23N3O3S/c1-29-18-10-8-17(9-11-18)25-23(28)22(27)24-15-20(21-7-4-14-30-21)26-13-12-16-5-2-3-6-19(16)26/h2-11,14,20H,12-13,15H2,1H3,(H,24,27)(H,25,28)/t20-/m1/s1. The first-order valence-electron chi connectivity index (χ1n) is 9.77. The van der Waals surface area contributed by atoms with Crippen LogP contribution in [0.1, 0.15) is 16.5 Å². The second-order valence-electron chi connectivity index (χ2n) is 7.00. The van der Waals surface area contributed by atoms with Gasteiger partial charge in [0.05, 0.1) is 13.2 Å². The quantitative estimate of drug-likeness (QED) is 0.597. The highest BCUT2D eigenvalue weighted by Crippen LogP contribution is 2.36. The zero-order chi connectivity index (χ0) is 20.9. The maximum Gasteiger partial charge on any atom is 0.313 e. The van der Waals surface area contributed by atoms with E-state index in [1.807, 2.05) is 23.6 Å². The van der Waals surface area contributed by atoms with Crippen LogP contribution in [-0.4, -0.2) is 32.0 Å². The van der Waals surface area contributed by atoms with Gasteiger partial charge in [-0.25, -0.2) is 0 Å². The highest BCUT2D eigenvalue weighted by Gasteiger charge is 2.28. The number of benzene rings is 2. The average molecular weight is 422 g/mol. The lowest BCUT2D eigenvalue weighted by Crippen LogP contribution is -2.41. The molecule has 0 aliphatic carbocycles. The predicted octanol–water partition coefficient (Wildman–Crippen LogP) is 3.62. The van der Waals surface area contributed by atoms with Crippen molar-refractivity contribution >= 4 is 34.5 Å². The number of para-hydroxylation sites is 1. The Hall–Kier alpha value is -3.32. The first kappa shape index (κ1) is 20.0. The molecule has 6 nitrogen and oxygen atoms in total. The highest BCUT2D eigenvalue weighted by molar-refractivity contribution is 7.10. The zero-order valence-corrected chi connectivity index (χ0v) is 17.4. The van der Waals surface area contributed by atoms with Crippen LogP contribution in [0.15, 0.2) is 66.0 Å². The summed E-state index contributed by atoms with van der Waals surface area (Å²) in [7, 11) is 1.57. The van der Waals surface area contributed by atoms with E-state index >= 15 is 0 Å². The van der Waals surface area contributed by atoms with Crippen LogP contribution in [0.2, 0.25) is 0 Å². The number of rotatable bonds is 6. The Bertz CT molecular complexity index is 1020.